The van der Waals surface area contributed by atoms with E-state index in [0.29, 0.717) is 30.6 Å². The number of phenols is 1. The van der Waals surface area contributed by atoms with Crippen molar-refractivity contribution in [1.29, 1.82) is 0 Å². The largest absolute Gasteiger partial charge is 0.508 e. The third kappa shape index (κ3) is 8.20. The van der Waals surface area contributed by atoms with Gasteiger partial charge in [0.15, 0.2) is 0 Å². The zero-order valence-electron chi connectivity index (χ0n) is 26.1. The minimum atomic E-state index is -1.11. The Bertz CT molecular complexity index is 1290. The van der Waals surface area contributed by atoms with E-state index in [2.05, 4.69) is 35.3 Å². The summed E-state index contributed by atoms with van der Waals surface area (Å²) in [7, 11) is 2.17. The second-order valence-corrected chi connectivity index (χ2v) is 11.8. The molecule has 2 fully saturated rings. The van der Waals surface area contributed by atoms with E-state index in [1.165, 1.54) is 17.1 Å². The number of rotatable bonds is 14. The number of aromatic nitrogens is 1. The lowest BCUT2D eigenvalue weighted by atomic mass is 10.0. The maximum Gasteiger partial charge on any atom is 0.246 e. The van der Waals surface area contributed by atoms with Crippen molar-refractivity contribution in [2.45, 2.75) is 44.9 Å². The van der Waals surface area contributed by atoms with Crippen LogP contribution in [-0.4, -0.2) is 130 Å². The number of amides is 3. The number of hydrogen-bond donors (Lipinski definition) is 2. The van der Waals surface area contributed by atoms with E-state index in [0.717, 1.165) is 49.1 Å². The normalized spacial score (nSPS) is 18.5. The Kier molecular flexibility index (Phi) is 11.5. The minimum Gasteiger partial charge on any atom is -0.508 e. The lowest BCUT2D eigenvalue weighted by molar-refractivity contribution is -0.151. The van der Waals surface area contributed by atoms with Crippen LogP contribution in [-0.2, 0) is 27.3 Å². The van der Waals surface area contributed by atoms with Gasteiger partial charge in [-0.15, -0.1) is 6.58 Å². The number of imide groups is 1. The number of anilines is 1. The smallest absolute Gasteiger partial charge is 0.246 e. The minimum absolute atomic E-state index is 0.0795. The van der Waals surface area contributed by atoms with Crippen LogP contribution >= 0.6 is 0 Å². The van der Waals surface area contributed by atoms with Crippen LogP contribution in [0, 0.1) is 0 Å². The fourth-order valence-corrected chi connectivity index (χ4v) is 5.98. The van der Waals surface area contributed by atoms with Gasteiger partial charge in [0.2, 0.25) is 18.2 Å². The predicted octanol–water partition coefficient (Wildman–Crippen LogP) is 0.918. The van der Waals surface area contributed by atoms with Gasteiger partial charge in [-0.1, -0.05) is 24.3 Å². The second kappa shape index (κ2) is 15.2. The molecule has 2 atom stereocenters. The third-order valence-corrected chi connectivity index (χ3v) is 8.47. The monoisotopic (exact) mass is 606 g/mol. The summed E-state index contributed by atoms with van der Waals surface area (Å²) < 4.78 is 0. The average molecular weight is 607 g/mol. The van der Waals surface area contributed by atoms with Crippen molar-refractivity contribution in [3.63, 3.8) is 0 Å². The summed E-state index contributed by atoms with van der Waals surface area (Å²) in [5.41, 5.74) is 1.41. The molecule has 0 aliphatic carbocycles. The summed E-state index contributed by atoms with van der Waals surface area (Å²) in [5.74, 6) is 5.86. The SMILES string of the molecule is C=CCN(N)CC(=O)N(C=O)[C@@H](Cc1ccc(O)cc1)C(=O)N(CC)Cc1cccc(N2CC(N3CCN(C)C[C@@H]3C)C2)n1. The number of hydrazine groups is 1. The molecular formula is C32H46N8O4. The van der Waals surface area contributed by atoms with Gasteiger partial charge < -0.3 is 19.8 Å². The first-order valence-electron chi connectivity index (χ1n) is 15.2. The Labute approximate surface area is 260 Å². The molecule has 0 unspecified atom stereocenters. The number of nitrogens with zero attached hydrogens (tertiary/aromatic N) is 7. The molecule has 2 aliphatic heterocycles. The highest BCUT2D eigenvalue weighted by molar-refractivity contribution is 5.95. The van der Waals surface area contributed by atoms with Crippen LogP contribution in [0.2, 0.25) is 0 Å². The molecule has 238 valence electrons. The van der Waals surface area contributed by atoms with E-state index < -0.39 is 11.9 Å². The molecule has 2 aromatic rings. The molecule has 3 N–H and O–H groups in total. The van der Waals surface area contributed by atoms with Crippen LogP contribution in [0.4, 0.5) is 5.82 Å². The molecule has 0 radical (unpaired) electrons. The summed E-state index contributed by atoms with van der Waals surface area (Å²) in [6.45, 7) is 13.4. The van der Waals surface area contributed by atoms with Crippen LogP contribution < -0.4 is 10.7 Å². The van der Waals surface area contributed by atoms with Crippen LogP contribution in [0.3, 0.4) is 0 Å². The molecule has 44 heavy (non-hydrogen) atoms. The fourth-order valence-electron chi connectivity index (χ4n) is 5.98. The Hall–Kier alpha value is -3.84. The highest BCUT2D eigenvalue weighted by Crippen LogP contribution is 2.25. The fraction of sp³-hybridized carbons (Fsp3) is 0.500. The first-order valence-corrected chi connectivity index (χ1v) is 15.2. The number of benzene rings is 1. The standard InChI is InChI=1S/C32H46N8O4/c1-5-14-38(33)22-31(43)40(23-41)29(17-25-10-12-28(42)13-11-25)32(44)36(6-2)19-26-8-7-9-30(34-26)37-20-27(21-37)39-16-15-35(4)18-24(39)3/h5,7-13,23-24,27,29,42H,1,6,14-22,33H2,2-4H3/t24-,29-/m0/s1. The van der Waals surface area contributed by atoms with E-state index >= 15 is 0 Å². The van der Waals surface area contributed by atoms with E-state index in [-0.39, 0.29) is 37.7 Å². The zero-order valence-corrected chi connectivity index (χ0v) is 26.1. The number of nitrogens with two attached hydrogens (primary N) is 1. The van der Waals surface area contributed by atoms with Gasteiger partial charge in [0.25, 0.3) is 0 Å². The maximum atomic E-state index is 14.0. The highest BCUT2D eigenvalue weighted by atomic mass is 16.3. The number of phenolic OH excluding ortho intramolecular Hbond substituents is 1. The van der Waals surface area contributed by atoms with Crippen molar-refractivity contribution < 1.29 is 19.5 Å². The van der Waals surface area contributed by atoms with Crippen molar-refractivity contribution in [2.24, 2.45) is 5.84 Å². The Morgan fingerprint density at radius 1 is 1.16 bits per heavy atom. The quantitative estimate of drug-likeness (QED) is 0.139. The number of carbonyl (C=O) groups excluding carboxylic acids is 3. The molecule has 0 bridgehead atoms. The van der Waals surface area contributed by atoms with Crippen LogP contribution in [0.25, 0.3) is 0 Å². The van der Waals surface area contributed by atoms with Crippen molar-refractivity contribution >= 4 is 24.0 Å². The number of piperazine rings is 1. The maximum absolute atomic E-state index is 14.0. The molecule has 2 saturated heterocycles. The van der Waals surface area contributed by atoms with E-state index in [1.807, 2.05) is 25.1 Å². The lowest BCUT2D eigenvalue weighted by Crippen LogP contribution is -2.65. The summed E-state index contributed by atoms with van der Waals surface area (Å²) >= 11 is 0. The average Bonchev–Trinajstić information content (AvgIpc) is 2.97. The summed E-state index contributed by atoms with van der Waals surface area (Å²) in [6.07, 6.45) is 2.02. The number of aromatic hydroxyl groups is 1. The van der Waals surface area contributed by atoms with Crippen molar-refractivity contribution in [1.82, 2.24) is 29.6 Å². The van der Waals surface area contributed by atoms with Crippen molar-refractivity contribution in [3.8, 4) is 5.75 Å². The number of likely N-dealkylation sites (N-methyl/N-ethyl adjacent to an activating group) is 2. The lowest BCUT2D eigenvalue weighted by Gasteiger charge is -2.51. The number of hydrogen-bond acceptors (Lipinski definition) is 10. The van der Waals surface area contributed by atoms with Gasteiger partial charge in [-0.25, -0.2) is 9.99 Å². The van der Waals surface area contributed by atoms with Gasteiger partial charge in [-0.05, 0) is 50.7 Å². The molecule has 12 nitrogen and oxygen atoms in total. The summed E-state index contributed by atoms with van der Waals surface area (Å²) in [4.78, 5) is 54.1. The van der Waals surface area contributed by atoms with E-state index in [4.69, 9.17) is 10.8 Å². The summed E-state index contributed by atoms with van der Waals surface area (Å²) in [6, 6.07) is 12.1. The molecule has 12 heteroatoms. The second-order valence-electron chi connectivity index (χ2n) is 11.8. The van der Waals surface area contributed by atoms with Gasteiger partial charge in [0.05, 0.1) is 18.8 Å². The van der Waals surface area contributed by atoms with Gasteiger partial charge >= 0.3 is 0 Å². The first kappa shape index (κ1) is 33.1. The molecule has 3 amide bonds. The molecular weight excluding hydrogens is 560 g/mol. The van der Waals surface area contributed by atoms with E-state index in [1.54, 1.807) is 23.1 Å². The van der Waals surface area contributed by atoms with Gasteiger partial charge in [-0.3, -0.25) is 30.0 Å². The van der Waals surface area contributed by atoms with Crippen molar-refractivity contribution in [2.75, 3.05) is 64.3 Å². The number of pyridine rings is 1. The van der Waals surface area contributed by atoms with Crippen LogP contribution in [0.5, 0.6) is 5.75 Å². The van der Waals surface area contributed by atoms with Gasteiger partial charge in [0.1, 0.15) is 17.6 Å². The predicted molar refractivity (Wildman–Crippen MR) is 169 cm³/mol. The Balaban J connectivity index is 1.48. The molecule has 3 heterocycles. The van der Waals surface area contributed by atoms with Crippen LogP contribution in [0.1, 0.15) is 25.1 Å². The Morgan fingerprint density at radius 3 is 2.52 bits per heavy atom. The van der Waals surface area contributed by atoms with E-state index in [9.17, 15) is 19.5 Å². The van der Waals surface area contributed by atoms with Crippen LogP contribution in [0.15, 0.2) is 55.1 Å². The molecule has 1 aromatic heterocycles. The zero-order chi connectivity index (χ0) is 31.8. The molecule has 1 aromatic carbocycles. The highest BCUT2D eigenvalue weighted by Gasteiger charge is 2.37. The van der Waals surface area contributed by atoms with Gasteiger partial charge in [-0.2, -0.15) is 0 Å². The molecule has 4 rings (SSSR count). The molecule has 2 aliphatic rings. The molecule has 0 spiro atoms. The Morgan fingerprint density at radius 2 is 1.89 bits per heavy atom. The third-order valence-electron chi connectivity index (χ3n) is 8.47. The van der Waals surface area contributed by atoms with Gasteiger partial charge in [0, 0.05) is 64.3 Å². The first-order chi connectivity index (χ1) is 21.1. The topological polar surface area (TPSA) is 130 Å². The number of carbonyl (C=O) groups is 3. The van der Waals surface area contributed by atoms with Crippen molar-refractivity contribution in [3.05, 3.63) is 66.4 Å². The summed E-state index contributed by atoms with van der Waals surface area (Å²) in [5, 5.41) is 11.0. The molecule has 0 saturated carbocycles.